The summed E-state index contributed by atoms with van der Waals surface area (Å²) in [5.41, 5.74) is 0.410. The van der Waals surface area contributed by atoms with Crippen molar-refractivity contribution in [3.05, 3.63) is 18.0 Å². The first-order valence-corrected chi connectivity index (χ1v) is 5.29. The molecule has 4 heteroatoms. The molecule has 2 rings (SSSR count). The minimum atomic E-state index is 0.396. The maximum absolute atomic E-state index is 8.69. The molecule has 0 radical (unpaired) electrons. The summed E-state index contributed by atoms with van der Waals surface area (Å²) >= 11 is 0. The van der Waals surface area contributed by atoms with Crippen LogP contribution in [0.4, 0.5) is 5.95 Å². The van der Waals surface area contributed by atoms with E-state index in [1.807, 2.05) is 6.07 Å². The van der Waals surface area contributed by atoms with Crippen LogP contribution in [0.25, 0.3) is 0 Å². The lowest BCUT2D eigenvalue weighted by atomic mass is 9.80. The number of rotatable bonds is 3. The van der Waals surface area contributed by atoms with E-state index in [-0.39, 0.29) is 0 Å². The second-order valence-corrected chi connectivity index (χ2v) is 4.00. The van der Waals surface area contributed by atoms with Crippen LogP contribution in [0.5, 0.6) is 0 Å². The lowest BCUT2D eigenvalue weighted by Crippen LogP contribution is -2.31. The Labute approximate surface area is 89.4 Å². The Morgan fingerprint density at radius 3 is 3.00 bits per heavy atom. The summed E-state index contributed by atoms with van der Waals surface area (Å²) in [6.07, 6.45) is 5.51. The third-order valence-electron chi connectivity index (χ3n) is 2.98. The van der Waals surface area contributed by atoms with E-state index in [1.165, 1.54) is 19.3 Å². The molecule has 1 atom stereocenters. The fourth-order valence-corrected chi connectivity index (χ4v) is 1.75. The van der Waals surface area contributed by atoms with Gasteiger partial charge in [0, 0.05) is 12.2 Å². The highest BCUT2D eigenvalue weighted by molar-refractivity contribution is 5.31. The quantitative estimate of drug-likeness (QED) is 0.813. The molecule has 15 heavy (non-hydrogen) atoms. The van der Waals surface area contributed by atoms with Crippen LogP contribution in [0.3, 0.4) is 0 Å². The molecule has 1 aliphatic carbocycles. The van der Waals surface area contributed by atoms with Gasteiger partial charge in [-0.05, 0) is 31.7 Å². The van der Waals surface area contributed by atoms with Crippen molar-refractivity contribution < 1.29 is 0 Å². The van der Waals surface area contributed by atoms with Crippen LogP contribution in [-0.2, 0) is 0 Å². The smallest absolute Gasteiger partial charge is 0.224 e. The first-order valence-electron chi connectivity index (χ1n) is 5.29. The fraction of sp³-hybridized carbons (Fsp3) is 0.545. The van der Waals surface area contributed by atoms with Crippen molar-refractivity contribution in [2.24, 2.45) is 5.92 Å². The molecule has 4 nitrogen and oxygen atoms in total. The van der Waals surface area contributed by atoms with E-state index >= 15 is 0 Å². The Kier molecular flexibility index (Phi) is 2.82. The van der Waals surface area contributed by atoms with Gasteiger partial charge in [-0.1, -0.05) is 6.42 Å². The van der Waals surface area contributed by atoms with Gasteiger partial charge in [-0.2, -0.15) is 5.26 Å². The van der Waals surface area contributed by atoms with Crippen LogP contribution in [0.1, 0.15) is 31.9 Å². The van der Waals surface area contributed by atoms with Gasteiger partial charge in [0.2, 0.25) is 5.95 Å². The molecular formula is C11H14N4. The predicted molar refractivity (Wildman–Crippen MR) is 57.2 cm³/mol. The highest BCUT2D eigenvalue weighted by atomic mass is 15.1. The third-order valence-corrected chi connectivity index (χ3v) is 2.98. The van der Waals surface area contributed by atoms with Gasteiger partial charge in [0.15, 0.2) is 0 Å². The average molecular weight is 202 g/mol. The maximum Gasteiger partial charge on any atom is 0.224 e. The van der Waals surface area contributed by atoms with Gasteiger partial charge in [0.25, 0.3) is 0 Å². The predicted octanol–water partition coefficient (Wildman–Crippen LogP) is 1.95. The summed E-state index contributed by atoms with van der Waals surface area (Å²) in [4.78, 5) is 8.18. The van der Waals surface area contributed by atoms with Crippen molar-refractivity contribution in [2.75, 3.05) is 5.32 Å². The van der Waals surface area contributed by atoms with Gasteiger partial charge in [-0.15, -0.1) is 0 Å². The Morgan fingerprint density at radius 2 is 2.40 bits per heavy atom. The second kappa shape index (κ2) is 4.26. The van der Waals surface area contributed by atoms with Crippen LogP contribution in [0.15, 0.2) is 12.3 Å². The molecule has 1 fully saturated rings. The SMILES string of the molecule is CC(Nc1nccc(C#N)n1)C1CCC1. The van der Waals surface area contributed by atoms with Crippen molar-refractivity contribution in [2.45, 2.75) is 32.2 Å². The van der Waals surface area contributed by atoms with Gasteiger partial charge in [0.05, 0.1) is 0 Å². The van der Waals surface area contributed by atoms with Gasteiger partial charge in [-0.25, -0.2) is 9.97 Å². The molecule has 0 saturated heterocycles. The molecule has 1 saturated carbocycles. The molecule has 0 amide bonds. The average Bonchev–Trinajstić information content (AvgIpc) is 2.15. The topological polar surface area (TPSA) is 61.6 Å². The number of nitrogens with zero attached hydrogens (tertiary/aromatic N) is 3. The van der Waals surface area contributed by atoms with E-state index in [1.54, 1.807) is 12.3 Å². The highest BCUT2D eigenvalue weighted by Crippen LogP contribution is 2.30. The van der Waals surface area contributed by atoms with E-state index < -0.39 is 0 Å². The van der Waals surface area contributed by atoms with E-state index in [0.717, 1.165) is 5.92 Å². The zero-order chi connectivity index (χ0) is 10.7. The van der Waals surface area contributed by atoms with Gasteiger partial charge < -0.3 is 5.32 Å². The van der Waals surface area contributed by atoms with Crippen LogP contribution < -0.4 is 5.32 Å². The fourth-order valence-electron chi connectivity index (χ4n) is 1.75. The van der Waals surface area contributed by atoms with Crippen LogP contribution in [-0.4, -0.2) is 16.0 Å². The minimum absolute atomic E-state index is 0.396. The Balaban J connectivity index is 2.00. The lowest BCUT2D eigenvalue weighted by molar-refractivity contribution is 0.284. The number of aromatic nitrogens is 2. The van der Waals surface area contributed by atoms with Crippen molar-refractivity contribution in [3.63, 3.8) is 0 Å². The van der Waals surface area contributed by atoms with Crippen molar-refractivity contribution >= 4 is 5.95 Å². The second-order valence-electron chi connectivity index (χ2n) is 4.00. The van der Waals surface area contributed by atoms with Crippen molar-refractivity contribution in [1.82, 2.24) is 9.97 Å². The summed E-state index contributed by atoms with van der Waals surface area (Å²) in [7, 11) is 0. The number of hydrogen-bond acceptors (Lipinski definition) is 4. The highest BCUT2D eigenvalue weighted by Gasteiger charge is 2.24. The Bertz CT molecular complexity index is 378. The Morgan fingerprint density at radius 1 is 1.60 bits per heavy atom. The molecule has 0 spiro atoms. The Hall–Kier alpha value is -1.63. The maximum atomic E-state index is 8.69. The van der Waals surface area contributed by atoms with E-state index in [0.29, 0.717) is 17.7 Å². The molecule has 1 heterocycles. The minimum Gasteiger partial charge on any atom is -0.351 e. The molecule has 0 aromatic carbocycles. The third kappa shape index (κ3) is 2.24. The normalized spacial score (nSPS) is 17.6. The molecule has 1 aromatic rings. The molecule has 0 aliphatic heterocycles. The molecule has 1 N–H and O–H groups in total. The van der Waals surface area contributed by atoms with Crippen molar-refractivity contribution in [3.8, 4) is 6.07 Å². The number of nitriles is 1. The summed E-state index contributed by atoms with van der Waals surface area (Å²) in [5.74, 6) is 1.30. The first kappa shape index (κ1) is 9.91. The van der Waals surface area contributed by atoms with Gasteiger partial charge >= 0.3 is 0 Å². The standard InChI is InChI=1S/C11H14N4/c1-8(9-3-2-4-9)14-11-13-6-5-10(7-12)15-11/h5-6,8-9H,2-4H2,1H3,(H,13,14,15). The summed E-state index contributed by atoms with van der Waals surface area (Å²) < 4.78 is 0. The summed E-state index contributed by atoms with van der Waals surface area (Å²) in [6, 6.07) is 4.01. The monoisotopic (exact) mass is 202 g/mol. The largest absolute Gasteiger partial charge is 0.351 e. The van der Waals surface area contributed by atoms with Crippen LogP contribution in [0.2, 0.25) is 0 Å². The number of hydrogen-bond donors (Lipinski definition) is 1. The molecule has 1 aliphatic rings. The van der Waals surface area contributed by atoms with Crippen LogP contribution >= 0.6 is 0 Å². The first-order chi connectivity index (χ1) is 7.29. The molecule has 0 bridgehead atoms. The molecule has 1 unspecified atom stereocenters. The number of anilines is 1. The zero-order valence-corrected chi connectivity index (χ0v) is 8.77. The van der Waals surface area contributed by atoms with Crippen molar-refractivity contribution in [1.29, 1.82) is 5.26 Å². The van der Waals surface area contributed by atoms with E-state index in [4.69, 9.17) is 5.26 Å². The van der Waals surface area contributed by atoms with E-state index in [2.05, 4.69) is 22.2 Å². The van der Waals surface area contributed by atoms with Gasteiger partial charge in [-0.3, -0.25) is 0 Å². The molecular weight excluding hydrogens is 188 g/mol. The summed E-state index contributed by atoms with van der Waals surface area (Å²) in [5, 5.41) is 11.9. The molecule has 1 aromatic heterocycles. The zero-order valence-electron chi connectivity index (χ0n) is 8.77. The lowest BCUT2D eigenvalue weighted by Gasteiger charge is -2.31. The van der Waals surface area contributed by atoms with E-state index in [9.17, 15) is 0 Å². The number of nitrogens with one attached hydrogen (secondary N) is 1. The van der Waals surface area contributed by atoms with Crippen LogP contribution in [0, 0.1) is 17.2 Å². The molecule has 78 valence electrons. The van der Waals surface area contributed by atoms with Gasteiger partial charge in [0.1, 0.15) is 11.8 Å². The summed E-state index contributed by atoms with van der Waals surface area (Å²) in [6.45, 7) is 2.15.